The lowest BCUT2D eigenvalue weighted by Crippen LogP contribution is -2.49. The maximum atomic E-state index is 13.5. The van der Waals surface area contributed by atoms with E-state index in [2.05, 4.69) is 11.0 Å². The summed E-state index contributed by atoms with van der Waals surface area (Å²) in [6.45, 7) is 4.87. The van der Waals surface area contributed by atoms with Gasteiger partial charge in [-0.15, -0.1) is 0 Å². The molecular formula is C30H35NO4. The van der Waals surface area contributed by atoms with E-state index in [1.165, 1.54) is 25.7 Å². The summed E-state index contributed by atoms with van der Waals surface area (Å²) in [6, 6.07) is 10.4. The van der Waals surface area contributed by atoms with E-state index in [9.17, 15) is 4.79 Å². The van der Waals surface area contributed by atoms with Crippen molar-refractivity contribution in [1.82, 2.24) is 4.90 Å². The number of carbonyl (C=O) groups is 1. The molecule has 3 aromatic rings. The van der Waals surface area contributed by atoms with Crippen LogP contribution in [0.4, 0.5) is 0 Å². The van der Waals surface area contributed by atoms with E-state index >= 15 is 0 Å². The van der Waals surface area contributed by atoms with Crippen molar-refractivity contribution < 1.29 is 18.7 Å². The van der Waals surface area contributed by atoms with E-state index in [1.807, 2.05) is 44.2 Å². The second-order valence-corrected chi connectivity index (χ2v) is 9.92. The number of ether oxygens (including phenoxy) is 2. The number of furan rings is 1. The highest BCUT2D eigenvalue weighted by molar-refractivity contribution is 6.02. The van der Waals surface area contributed by atoms with Crippen molar-refractivity contribution in [2.75, 3.05) is 20.8 Å². The summed E-state index contributed by atoms with van der Waals surface area (Å²) in [6.07, 6.45) is 10.9. The average molecular weight is 474 g/mol. The summed E-state index contributed by atoms with van der Waals surface area (Å²) >= 11 is 0. The van der Waals surface area contributed by atoms with Crippen molar-refractivity contribution in [1.29, 1.82) is 0 Å². The van der Waals surface area contributed by atoms with Gasteiger partial charge < -0.3 is 18.8 Å². The fourth-order valence-electron chi connectivity index (χ4n) is 6.19. The van der Waals surface area contributed by atoms with Gasteiger partial charge in [-0.1, -0.05) is 31.0 Å². The molecule has 0 spiro atoms. The summed E-state index contributed by atoms with van der Waals surface area (Å²) < 4.78 is 17.5. The Hall–Kier alpha value is -3.21. The first-order chi connectivity index (χ1) is 17.0. The molecule has 1 saturated carbocycles. The van der Waals surface area contributed by atoms with Crippen LogP contribution >= 0.6 is 0 Å². The highest BCUT2D eigenvalue weighted by Gasteiger charge is 2.35. The normalized spacial score (nSPS) is 20.6. The van der Waals surface area contributed by atoms with E-state index in [0.29, 0.717) is 12.0 Å². The molecule has 2 heterocycles. The molecule has 1 aromatic heterocycles. The number of carbonyl (C=O) groups excluding carboxylic acids is 1. The Kier molecular flexibility index (Phi) is 6.59. The van der Waals surface area contributed by atoms with Crippen LogP contribution < -0.4 is 9.47 Å². The molecule has 2 aliphatic rings. The molecule has 1 aliphatic carbocycles. The number of amides is 1. The summed E-state index contributed by atoms with van der Waals surface area (Å²) in [5.41, 5.74) is 5.46. The van der Waals surface area contributed by atoms with Crippen molar-refractivity contribution in [3.63, 3.8) is 0 Å². The number of para-hydroxylation sites is 1. The first-order valence-electron chi connectivity index (χ1n) is 12.7. The molecule has 2 aromatic carbocycles. The third kappa shape index (κ3) is 4.22. The number of nitrogens with zero attached hydrogens (tertiary/aromatic N) is 1. The molecule has 0 radical (unpaired) electrons. The van der Waals surface area contributed by atoms with Crippen LogP contribution in [0.1, 0.15) is 56.6 Å². The number of fused-ring (bicyclic) bond motifs is 2. The number of likely N-dealkylation sites (tertiary alicyclic amines) is 1. The Morgan fingerprint density at radius 3 is 2.63 bits per heavy atom. The second kappa shape index (κ2) is 9.80. The highest BCUT2D eigenvalue weighted by Crippen LogP contribution is 2.43. The number of piperidine rings is 1. The number of aryl methyl sites for hydroxylation is 1. The topological polar surface area (TPSA) is 51.9 Å². The van der Waals surface area contributed by atoms with Crippen LogP contribution in [0.15, 0.2) is 47.1 Å². The van der Waals surface area contributed by atoms with Crippen molar-refractivity contribution in [3.05, 3.63) is 53.8 Å². The number of hydrogen-bond acceptors (Lipinski definition) is 4. The summed E-state index contributed by atoms with van der Waals surface area (Å²) in [7, 11) is 3.35. The minimum atomic E-state index is 0.121. The minimum absolute atomic E-state index is 0.121. The molecule has 5 rings (SSSR count). The van der Waals surface area contributed by atoms with Crippen molar-refractivity contribution in [2.24, 2.45) is 5.92 Å². The van der Waals surface area contributed by atoms with Gasteiger partial charge in [0.25, 0.3) is 0 Å². The molecule has 1 aliphatic heterocycles. The van der Waals surface area contributed by atoms with Gasteiger partial charge in [0, 0.05) is 46.3 Å². The summed E-state index contributed by atoms with van der Waals surface area (Å²) in [5, 5.41) is 0.980. The standard InChI is InChI=1S/C30H35NO4/c1-19(16-28(32)31-15-9-11-21-10-5-7-13-26(21)31)23-17-24-25(22-12-6-8-14-27(22)33-3)18-35-30(24)20(2)29(23)34-4/h6,8,12,14,16-18,21,26H,5,7,9-11,13,15H2,1-4H3/b19-16+. The SMILES string of the molecule is COc1ccccc1-c1coc2c(C)c(OC)c(/C(C)=C/C(=O)N3CCCC4CCCCC43)cc12. The Morgan fingerprint density at radius 2 is 1.83 bits per heavy atom. The molecule has 1 amide bonds. The second-order valence-electron chi connectivity index (χ2n) is 9.92. The molecular weight excluding hydrogens is 438 g/mol. The van der Waals surface area contributed by atoms with Gasteiger partial charge >= 0.3 is 0 Å². The van der Waals surface area contributed by atoms with Crippen LogP contribution in [-0.4, -0.2) is 37.6 Å². The number of rotatable bonds is 5. The smallest absolute Gasteiger partial charge is 0.247 e. The molecule has 5 nitrogen and oxygen atoms in total. The minimum Gasteiger partial charge on any atom is -0.496 e. The average Bonchev–Trinajstić information content (AvgIpc) is 3.32. The lowest BCUT2D eigenvalue weighted by Gasteiger charge is -2.43. The number of allylic oxidation sites excluding steroid dienone is 1. The third-order valence-corrected chi connectivity index (χ3v) is 7.94. The van der Waals surface area contributed by atoms with Crippen LogP contribution in [-0.2, 0) is 4.79 Å². The van der Waals surface area contributed by atoms with Crippen molar-refractivity contribution in [3.8, 4) is 22.6 Å². The van der Waals surface area contributed by atoms with Crippen molar-refractivity contribution in [2.45, 2.75) is 58.4 Å². The van der Waals surface area contributed by atoms with Crippen LogP contribution in [0.2, 0.25) is 0 Å². The molecule has 2 atom stereocenters. The van der Waals surface area contributed by atoms with E-state index in [1.54, 1.807) is 20.5 Å². The lowest BCUT2D eigenvalue weighted by molar-refractivity contribution is -0.132. The van der Waals surface area contributed by atoms with Crippen LogP contribution in [0.5, 0.6) is 11.5 Å². The number of benzene rings is 2. The number of methoxy groups -OCH3 is 2. The zero-order chi connectivity index (χ0) is 24.5. The third-order valence-electron chi connectivity index (χ3n) is 7.94. The molecule has 2 unspecified atom stereocenters. The maximum Gasteiger partial charge on any atom is 0.247 e. The Labute approximate surface area is 207 Å². The summed E-state index contributed by atoms with van der Waals surface area (Å²) in [5.74, 6) is 2.32. The Balaban J connectivity index is 1.56. The molecule has 1 saturated heterocycles. The van der Waals surface area contributed by atoms with Crippen LogP contribution in [0.25, 0.3) is 27.7 Å². The lowest BCUT2D eigenvalue weighted by atomic mass is 9.78. The predicted molar refractivity (Wildman–Crippen MR) is 140 cm³/mol. The quantitative estimate of drug-likeness (QED) is 0.374. The van der Waals surface area contributed by atoms with Gasteiger partial charge in [-0.2, -0.15) is 0 Å². The zero-order valence-electron chi connectivity index (χ0n) is 21.2. The monoisotopic (exact) mass is 473 g/mol. The highest BCUT2D eigenvalue weighted by atomic mass is 16.5. The first kappa shape index (κ1) is 23.5. The number of hydrogen-bond donors (Lipinski definition) is 0. The maximum absolute atomic E-state index is 13.5. The van der Waals surface area contributed by atoms with E-state index in [-0.39, 0.29) is 5.91 Å². The molecule has 0 N–H and O–H groups in total. The van der Waals surface area contributed by atoms with Crippen LogP contribution in [0.3, 0.4) is 0 Å². The molecule has 5 heteroatoms. The van der Waals surface area contributed by atoms with E-state index in [4.69, 9.17) is 13.9 Å². The van der Waals surface area contributed by atoms with E-state index in [0.717, 1.165) is 69.7 Å². The van der Waals surface area contributed by atoms with Gasteiger partial charge in [0.1, 0.15) is 17.1 Å². The summed E-state index contributed by atoms with van der Waals surface area (Å²) in [4.78, 5) is 15.6. The molecule has 184 valence electrons. The zero-order valence-corrected chi connectivity index (χ0v) is 21.2. The van der Waals surface area contributed by atoms with Gasteiger partial charge in [0.15, 0.2) is 0 Å². The molecule has 2 fully saturated rings. The fourth-order valence-corrected chi connectivity index (χ4v) is 6.19. The van der Waals surface area contributed by atoms with Gasteiger partial charge in [-0.05, 0) is 63.2 Å². The van der Waals surface area contributed by atoms with Gasteiger partial charge in [-0.3, -0.25) is 4.79 Å². The first-order valence-corrected chi connectivity index (χ1v) is 12.7. The van der Waals surface area contributed by atoms with Gasteiger partial charge in [0.05, 0.1) is 20.5 Å². The molecule has 35 heavy (non-hydrogen) atoms. The largest absolute Gasteiger partial charge is 0.496 e. The molecule has 0 bridgehead atoms. The Morgan fingerprint density at radius 1 is 1.06 bits per heavy atom. The Bertz CT molecular complexity index is 1270. The van der Waals surface area contributed by atoms with Crippen molar-refractivity contribution >= 4 is 22.4 Å². The van der Waals surface area contributed by atoms with E-state index < -0.39 is 0 Å². The van der Waals surface area contributed by atoms with Crippen LogP contribution in [0, 0.1) is 12.8 Å². The van der Waals surface area contributed by atoms with Gasteiger partial charge in [0.2, 0.25) is 5.91 Å². The fraction of sp³-hybridized carbons (Fsp3) is 0.433. The predicted octanol–water partition coefficient (Wildman–Crippen LogP) is 7.01. The van der Waals surface area contributed by atoms with Gasteiger partial charge in [-0.25, -0.2) is 0 Å².